The van der Waals surface area contributed by atoms with E-state index in [0.29, 0.717) is 10.6 Å². The van der Waals surface area contributed by atoms with Crippen LogP contribution < -0.4 is 16.0 Å². The van der Waals surface area contributed by atoms with Gasteiger partial charge in [0, 0.05) is 41.4 Å². The van der Waals surface area contributed by atoms with Crippen LogP contribution in [0.5, 0.6) is 0 Å². The van der Waals surface area contributed by atoms with Crippen LogP contribution in [0.2, 0.25) is 5.02 Å². The topological polar surface area (TPSA) is 168 Å². The minimum absolute atomic E-state index is 0.0298. The molecule has 0 radical (unpaired) electrons. The van der Waals surface area contributed by atoms with Gasteiger partial charge in [-0.2, -0.15) is 18.4 Å². The molecule has 42 heavy (non-hydrogen) atoms. The third kappa shape index (κ3) is 5.76. The van der Waals surface area contributed by atoms with Crippen LogP contribution in [0.15, 0.2) is 53.1 Å². The molecule has 214 valence electrons. The molecule has 3 amide bonds. The van der Waals surface area contributed by atoms with Crippen molar-refractivity contribution in [3.05, 3.63) is 64.8 Å². The van der Waals surface area contributed by atoms with Gasteiger partial charge in [-0.3, -0.25) is 14.4 Å². The van der Waals surface area contributed by atoms with Crippen LogP contribution in [0, 0.1) is 0 Å². The summed E-state index contributed by atoms with van der Waals surface area (Å²) in [4.78, 5) is 36.7. The summed E-state index contributed by atoms with van der Waals surface area (Å²) in [6.07, 6.45) is -4.83. The minimum atomic E-state index is -4.83. The molecule has 0 aliphatic rings. The Balaban J connectivity index is 1.60. The number of hydrogen-bond acceptors (Lipinski definition) is 8. The smallest absolute Gasteiger partial charge is 0.355 e. The van der Waals surface area contributed by atoms with Gasteiger partial charge >= 0.3 is 6.18 Å². The SMILES string of the molecule is CC(=O)Nc1ccc(-c2cc3onc(C(=O)Nc4ccc(Cl)cc4-c4nn[nH]n4)c3cc2NC(C)=O)c(C(F)(F)F)c1. The molecular formula is C26H18ClF3N8O4. The number of halogens is 4. The first-order chi connectivity index (χ1) is 19.9. The fourth-order valence-corrected chi connectivity index (χ4v) is 4.40. The number of carbonyl (C=O) groups is 3. The summed E-state index contributed by atoms with van der Waals surface area (Å²) in [7, 11) is 0. The van der Waals surface area contributed by atoms with Crippen LogP contribution in [0.3, 0.4) is 0 Å². The van der Waals surface area contributed by atoms with Crippen molar-refractivity contribution in [1.29, 1.82) is 0 Å². The second-order valence-electron chi connectivity index (χ2n) is 8.93. The standard InChI is InChI=1S/C26H18ClF3N8O4/c1-11(39)31-14-4-5-15(19(8-14)26(28,29)30)16-10-22-18(9-21(16)32-12(2)40)23(36-42-22)25(41)33-20-6-3-13(27)7-17(20)24-34-37-38-35-24/h3-10H,1-2H3,(H,31,39)(H,32,40)(H,33,41)(H,34,35,37,38). The molecule has 0 spiro atoms. The van der Waals surface area contributed by atoms with Crippen molar-refractivity contribution < 1.29 is 32.1 Å². The summed E-state index contributed by atoms with van der Waals surface area (Å²) in [6, 6.07) is 10.3. The van der Waals surface area contributed by atoms with Gasteiger partial charge in [0.25, 0.3) is 5.91 Å². The van der Waals surface area contributed by atoms with E-state index in [0.717, 1.165) is 12.1 Å². The van der Waals surface area contributed by atoms with Crippen molar-refractivity contribution in [2.75, 3.05) is 16.0 Å². The molecule has 0 fully saturated rings. The second-order valence-corrected chi connectivity index (χ2v) is 9.36. The van der Waals surface area contributed by atoms with Gasteiger partial charge in [0.05, 0.1) is 16.6 Å². The molecule has 0 unspecified atom stereocenters. The van der Waals surface area contributed by atoms with Crippen molar-refractivity contribution in [2.45, 2.75) is 20.0 Å². The average Bonchev–Trinajstić information content (AvgIpc) is 3.58. The van der Waals surface area contributed by atoms with Crippen LogP contribution in [-0.2, 0) is 15.8 Å². The Kier molecular flexibility index (Phi) is 7.34. The zero-order valence-electron chi connectivity index (χ0n) is 21.6. The Morgan fingerprint density at radius 1 is 0.881 bits per heavy atom. The Morgan fingerprint density at radius 2 is 1.64 bits per heavy atom. The highest BCUT2D eigenvalue weighted by Gasteiger charge is 2.35. The van der Waals surface area contributed by atoms with Gasteiger partial charge in [-0.25, -0.2) is 0 Å². The van der Waals surface area contributed by atoms with Gasteiger partial charge in [-0.15, -0.1) is 10.2 Å². The van der Waals surface area contributed by atoms with E-state index in [1.54, 1.807) is 0 Å². The van der Waals surface area contributed by atoms with Gasteiger partial charge in [0.15, 0.2) is 11.3 Å². The maximum absolute atomic E-state index is 14.1. The molecule has 2 aromatic heterocycles. The zero-order valence-corrected chi connectivity index (χ0v) is 22.3. The van der Waals surface area contributed by atoms with Gasteiger partial charge in [0.1, 0.15) is 0 Å². The van der Waals surface area contributed by atoms with Crippen LogP contribution in [0.4, 0.5) is 30.2 Å². The summed E-state index contributed by atoms with van der Waals surface area (Å²) in [5.74, 6) is -1.71. The maximum Gasteiger partial charge on any atom is 0.417 e. The molecule has 0 saturated heterocycles. The lowest BCUT2D eigenvalue weighted by Gasteiger charge is -2.17. The largest absolute Gasteiger partial charge is 0.417 e. The molecule has 5 aromatic rings. The molecule has 3 aromatic carbocycles. The molecular weight excluding hydrogens is 581 g/mol. The Bertz CT molecular complexity index is 1850. The van der Waals surface area contributed by atoms with E-state index < -0.39 is 29.5 Å². The molecule has 0 bridgehead atoms. The summed E-state index contributed by atoms with van der Waals surface area (Å²) in [5.41, 5.74) is -1.18. The van der Waals surface area contributed by atoms with Crippen molar-refractivity contribution in [3.63, 3.8) is 0 Å². The predicted molar refractivity (Wildman–Crippen MR) is 146 cm³/mol. The number of benzene rings is 3. The third-order valence-electron chi connectivity index (χ3n) is 5.89. The first-order valence-corrected chi connectivity index (χ1v) is 12.3. The molecule has 0 aliphatic heterocycles. The number of H-pyrrole nitrogens is 1. The van der Waals surface area contributed by atoms with Crippen molar-refractivity contribution in [3.8, 4) is 22.5 Å². The lowest BCUT2D eigenvalue weighted by Crippen LogP contribution is -2.14. The van der Waals surface area contributed by atoms with Crippen LogP contribution >= 0.6 is 11.6 Å². The lowest BCUT2D eigenvalue weighted by molar-refractivity contribution is -0.137. The second kappa shape index (κ2) is 10.9. The number of nitrogens with zero attached hydrogens (tertiary/aromatic N) is 4. The number of tetrazole rings is 1. The van der Waals surface area contributed by atoms with Crippen LogP contribution in [0.1, 0.15) is 29.9 Å². The van der Waals surface area contributed by atoms with E-state index >= 15 is 0 Å². The number of rotatable bonds is 6. The highest BCUT2D eigenvalue weighted by atomic mass is 35.5. The number of nitrogens with one attached hydrogen (secondary N) is 4. The van der Waals surface area contributed by atoms with Gasteiger partial charge < -0.3 is 20.5 Å². The van der Waals surface area contributed by atoms with Crippen molar-refractivity contribution in [2.24, 2.45) is 0 Å². The van der Waals surface area contributed by atoms with Crippen molar-refractivity contribution >= 4 is 57.4 Å². The van der Waals surface area contributed by atoms with E-state index in [1.165, 1.54) is 50.2 Å². The Hall–Kier alpha value is -5.31. The quantitative estimate of drug-likeness (QED) is 0.198. The van der Waals surface area contributed by atoms with E-state index in [2.05, 4.69) is 41.7 Å². The molecule has 16 heteroatoms. The highest BCUT2D eigenvalue weighted by molar-refractivity contribution is 6.31. The first-order valence-electron chi connectivity index (χ1n) is 12.0. The average molecular weight is 599 g/mol. The van der Waals surface area contributed by atoms with E-state index in [4.69, 9.17) is 16.1 Å². The summed E-state index contributed by atoms with van der Waals surface area (Å²) in [5, 5.41) is 25.4. The van der Waals surface area contributed by atoms with Crippen LogP contribution in [-0.4, -0.2) is 43.5 Å². The monoisotopic (exact) mass is 598 g/mol. The molecule has 5 rings (SSSR count). The minimum Gasteiger partial charge on any atom is -0.355 e. The maximum atomic E-state index is 14.1. The molecule has 12 nitrogen and oxygen atoms in total. The number of fused-ring (bicyclic) bond motifs is 1. The van der Waals surface area contributed by atoms with Crippen molar-refractivity contribution in [1.82, 2.24) is 25.8 Å². The summed E-state index contributed by atoms with van der Waals surface area (Å²) < 4.78 is 47.7. The number of alkyl halides is 3. The lowest BCUT2D eigenvalue weighted by atomic mass is 9.95. The molecule has 0 aliphatic carbocycles. The van der Waals surface area contributed by atoms with Gasteiger partial charge in [0.2, 0.25) is 17.6 Å². The number of aromatic amines is 1. The molecule has 0 saturated carbocycles. The van der Waals surface area contributed by atoms with E-state index in [1.807, 2.05) is 0 Å². The highest BCUT2D eigenvalue weighted by Crippen LogP contribution is 2.43. The third-order valence-corrected chi connectivity index (χ3v) is 6.12. The molecule has 0 atom stereocenters. The summed E-state index contributed by atoms with van der Waals surface area (Å²) >= 11 is 6.09. The zero-order chi connectivity index (χ0) is 30.2. The van der Waals surface area contributed by atoms with Gasteiger partial charge in [-0.05, 0) is 53.2 Å². The molecule has 4 N–H and O–H groups in total. The fraction of sp³-hybridized carbons (Fsp3) is 0.115. The number of anilines is 3. The van der Waals surface area contributed by atoms with E-state index in [-0.39, 0.29) is 50.7 Å². The Labute approximate surface area is 238 Å². The van der Waals surface area contributed by atoms with Gasteiger partial charge in [-0.1, -0.05) is 22.8 Å². The summed E-state index contributed by atoms with van der Waals surface area (Å²) in [6.45, 7) is 2.35. The number of hydrogen-bond donors (Lipinski definition) is 4. The first kappa shape index (κ1) is 28.2. The number of amides is 3. The number of carbonyl (C=O) groups excluding carboxylic acids is 3. The van der Waals surface area contributed by atoms with Crippen LogP contribution in [0.25, 0.3) is 33.5 Å². The van der Waals surface area contributed by atoms with E-state index in [9.17, 15) is 27.6 Å². The fourth-order valence-electron chi connectivity index (χ4n) is 4.23. The molecule has 2 heterocycles. The number of aromatic nitrogens is 5. The normalized spacial score (nSPS) is 11.4. The predicted octanol–water partition coefficient (Wildman–Crippen LogP) is 5.52. The Morgan fingerprint density at radius 3 is 2.31 bits per heavy atom.